The number of hydrogen-bond acceptors (Lipinski definition) is 3. The molecule has 5 heteroatoms. The molecule has 0 unspecified atom stereocenters. The maximum atomic E-state index is 12.8. The molecule has 0 saturated carbocycles. The lowest BCUT2D eigenvalue weighted by Crippen LogP contribution is -2.46. The van der Waals surface area contributed by atoms with E-state index < -0.39 is 0 Å². The Morgan fingerprint density at radius 2 is 2.00 bits per heavy atom. The Labute approximate surface area is 152 Å². The van der Waals surface area contributed by atoms with Crippen LogP contribution in [0.25, 0.3) is 10.9 Å². The fourth-order valence-electron chi connectivity index (χ4n) is 3.67. The monoisotopic (exact) mass is 347 g/mol. The molecule has 2 N–H and O–H groups in total. The fraction of sp³-hybridized carbons (Fsp3) is 0.238. The molecule has 0 radical (unpaired) electrons. The third kappa shape index (κ3) is 3.02. The van der Waals surface area contributed by atoms with Gasteiger partial charge in [0.25, 0.3) is 0 Å². The van der Waals surface area contributed by atoms with Gasteiger partial charge in [-0.3, -0.25) is 4.98 Å². The second-order valence-corrected chi connectivity index (χ2v) is 6.49. The van der Waals surface area contributed by atoms with Gasteiger partial charge in [-0.15, -0.1) is 0 Å². The molecule has 0 saturated heterocycles. The molecule has 2 amide bonds. The second kappa shape index (κ2) is 7.14. The highest BCUT2D eigenvalue weighted by Crippen LogP contribution is 2.29. The smallest absolute Gasteiger partial charge is 0.318 e. The molecule has 26 heavy (non-hydrogen) atoms. The Hall–Kier alpha value is -2.92. The predicted molar refractivity (Wildman–Crippen MR) is 101 cm³/mol. The third-order valence-electron chi connectivity index (χ3n) is 4.99. The summed E-state index contributed by atoms with van der Waals surface area (Å²) in [6.45, 7) is 0.922. The van der Waals surface area contributed by atoms with Crippen molar-refractivity contribution in [2.24, 2.45) is 0 Å². The lowest BCUT2D eigenvalue weighted by Gasteiger charge is -2.36. The van der Waals surface area contributed by atoms with Gasteiger partial charge < -0.3 is 15.3 Å². The van der Waals surface area contributed by atoms with Crippen LogP contribution in [0.5, 0.6) is 0 Å². The summed E-state index contributed by atoms with van der Waals surface area (Å²) in [6, 6.07) is 17.4. The van der Waals surface area contributed by atoms with Gasteiger partial charge in [0.15, 0.2) is 0 Å². The Balaban J connectivity index is 1.51. The molecule has 1 aromatic heterocycles. The molecule has 1 atom stereocenters. The molecule has 5 nitrogen and oxygen atoms in total. The third-order valence-corrected chi connectivity index (χ3v) is 4.99. The van der Waals surface area contributed by atoms with E-state index >= 15 is 0 Å². The highest BCUT2D eigenvalue weighted by molar-refractivity contribution is 5.82. The van der Waals surface area contributed by atoms with Crippen molar-refractivity contribution in [1.29, 1.82) is 0 Å². The summed E-state index contributed by atoms with van der Waals surface area (Å²) in [7, 11) is 0. The van der Waals surface area contributed by atoms with Crippen LogP contribution in [0, 0.1) is 0 Å². The molecule has 132 valence electrons. The van der Waals surface area contributed by atoms with E-state index in [0.717, 1.165) is 28.5 Å². The average molecular weight is 347 g/mol. The Bertz CT molecular complexity index is 936. The first kappa shape index (κ1) is 16.5. The molecule has 0 aliphatic carbocycles. The fourth-order valence-corrected chi connectivity index (χ4v) is 3.67. The number of hydrogen-bond donors (Lipinski definition) is 2. The van der Waals surface area contributed by atoms with Crippen molar-refractivity contribution in [3.05, 3.63) is 77.5 Å². The minimum absolute atomic E-state index is 0.0831. The molecule has 1 aliphatic rings. The van der Waals surface area contributed by atoms with Gasteiger partial charge in [0.1, 0.15) is 0 Å². The number of fused-ring (bicyclic) bond motifs is 2. The van der Waals surface area contributed by atoms with Crippen LogP contribution in [-0.2, 0) is 13.0 Å². The van der Waals surface area contributed by atoms with Gasteiger partial charge >= 0.3 is 6.03 Å². The van der Waals surface area contributed by atoms with Crippen LogP contribution in [0.4, 0.5) is 4.79 Å². The van der Waals surface area contributed by atoms with Crippen LogP contribution in [0.2, 0.25) is 0 Å². The zero-order chi connectivity index (χ0) is 17.9. The largest absolute Gasteiger partial charge is 0.394 e. The van der Waals surface area contributed by atoms with Gasteiger partial charge in [0, 0.05) is 24.7 Å². The van der Waals surface area contributed by atoms with Gasteiger partial charge in [-0.2, -0.15) is 0 Å². The van der Waals surface area contributed by atoms with Gasteiger partial charge in [-0.25, -0.2) is 4.79 Å². The molecule has 0 fully saturated rings. The standard InChI is InChI=1S/C21H21N3O2/c25-14-19-18-9-2-1-5-15(18)10-12-24(19)21(26)23-13-17-7-3-6-16-8-4-11-22-20(16)17/h1-9,11,19,25H,10,12-14H2,(H,23,26)/t19-/m0/s1. The highest BCUT2D eigenvalue weighted by Gasteiger charge is 2.29. The van der Waals surface area contributed by atoms with Crippen LogP contribution in [-0.4, -0.2) is 34.2 Å². The van der Waals surface area contributed by atoms with Crippen LogP contribution >= 0.6 is 0 Å². The lowest BCUT2D eigenvalue weighted by atomic mass is 9.93. The SMILES string of the molecule is O=C(NCc1cccc2cccnc12)N1CCc2ccccc2[C@@H]1CO. The molecule has 2 heterocycles. The molecule has 1 aliphatic heterocycles. The summed E-state index contributed by atoms with van der Waals surface area (Å²) in [6.07, 6.45) is 2.56. The molecule has 0 bridgehead atoms. The van der Waals surface area contributed by atoms with Gasteiger partial charge in [-0.1, -0.05) is 48.5 Å². The normalized spacial score (nSPS) is 16.3. The average Bonchev–Trinajstić information content (AvgIpc) is 2.71. The van der Waals surface area contributed by atoms with Crippen molar-refractivity contribution >= 4 is 16.9 Å². The van der Waals surface area contributed by atoms with Crippen molar-refractivity contribution < 1.29 is 9.90 Å². The first-order valence-corrected chi connectivity index (χ1v) is 8.83. The van der Waals surface area contributed by atoms with Crippen molar-refractivity contribution in [2.45, 2.75) is 19.0 Å². The van der Waals surface area contributed by atoms with E-state index in [2.05, 4.69) is 16.4 Å². The van der Waals surface area contributed by atoms with Crippen LogP contribution in [0.15, 0.2) is 60.8 Å². The van der Waals surface area contributed by atoms with E-state index in [0.29, 0.717) is 13.1 Å². The Morgan fingerprint density at radius 3 is 2.88 bits per heavy atom. The minimum atomic E-state index is -0.300. The number of rotatable bonds is 3. The molecular formula is C21H21N3O2. The quantitative estimate of drug-likeness (QED) is 0.765. The lowest BCUT2D eigenvalue weighted by molar-refractivity contribution is 0.127. The molecule has 2 aromatic carbocycles. The molecule has 0 spiro atoms. The van der Waals surface area contributed by atoms with Crippen molar-refractivity contribution in [1.82, 2.24) is 15.2 Å². The van der Waals surface area contributed by atoms with E-state index in [4.69, 9.17) is 0 Å². The molecule has 4 rings (SSSR count). The number of pyridine rings is 1. The number of urea groups is 1. The summed E-state index contributed by atoms with van der Waals surface area (Å²) < 4.78 is 0. The van der Waals surface area contributed by atoms with Crippen molar-refractivity contribution in [3.63, 3.8) is 0 Å². The van der Waals surface area contributed by atoms with E-state index in [1.807, 2.05) is 48.5 Å². The Morgan fingerprint density at radius 1 is 1.15 bits per heavy atom. The second-order valence-electron chi connectivity index (χ2n) is 6.49. The molecule has 3 aromatic rings. The van der Waals surface area contributed by atoms with Crippen molar-refractivity contribution in [2.75, 3.05) is 13.2 Å². The topological polar surface area (TPSA) is 65.5 Å². The maximum Gasteiger partial charge on any atom is 0.318 e. The number of nitrogens with one attached hydrogen (secondary N) is 1. The minimum Gasteiger partial charge on any atom is -0.394 e. The Kier molecular flexibility index (Phi) is 4.54. The number of carbonyl (C=O) groups is 1. The number of para-hydroxylation sites is 1. The van der Waals surface area contributed by atoms with Crippen LogP contribution in [0.3, 0.4) is 0 Å². The van der Waals surface area contributed by atoms with Gasteiger partial charge in [0.2, 0.25) is 0 Å². The van der Waals surface area contributed by atoms with Gasteiger partial charge in [-0.05, 0) is 29.2 Å². The number of nitrogens with zero attached hydrogens (tertiary/aromatic N) is 2. The van der Waals surface area contributed by atoms with E-state index in [-0.39, 0.29) is 18.7 Å². The summed E-state index contributed by atoms with van der Waals surface area (Å²) in [4.78, 5) is 18.9. The maximum absolute atomic E-state index is 12.8. The first-order valence-electron chi connectivity index (χ1n) is 8.83. The molecular weight excluding hydrogens is 326 g/mol. The summed E-state index contributed by atoms with van der Waals surface area (Å²) in [5.74, 6) is 0. The predicted octanol–water partition coefficient (Wildman–Crippen LogP) is 3.04. The summed E-state index contributed by atoms with van der Waals surface area (Å²) >= 11 is 0. The summed E-state index contributed by atoms with van der Waals surface area (Å²) in [5, 5.41) is 13.9. The van der Waals surface area contributed by atoms with Crippen LogP contribution < -0.4 is 5.32 Å². The van der Waals surface area contributed by atoms with Crippen molar-refractivity contribution in [3.8, 4) is 0 Å². The van der Waals surface area contributed by atoms with Crippen LogP contribution in [0.1, 0.15) is 22.7 Å². The summed E-state index contributed by atoms with van der Waals surface area (Å²) in [5.41, 5.74) is 4.12. The zero-order valence-electron chi connectivity index (χ0n) is 14.4. The van der Waals surface area contributed by atoms with E-state index in [9.17, 15) is 9.90 Å². The first-order chi connectivity index (χ1) is 12.8. The number of aliphatic hydroxyl groups is 1. The van der Waals surface area contributed by atoms with E-state index in [1.165, 1.54) is 5.56 Å². The number of benzene rings is 2. The zero-order valence-corrected chi connectivity index (χ0v) is 14.4. The number of carbonyl (C=O) groups excluding carboxylic acids is 1. The van der Waals surface area contributed by atoms with E-state index in [1.54, 1.807) is 11.1 Å². The highest BCUT2D eigenvalue weighted by atomic mass is 16.3. The number of amides is 2. The number of aliphatic hydroxyl groups excluding tert-OH is 1. The van der Waals surface area contributed by atoms with Gasteiger partial charge in [0.05, 0.1) is 18.2 Å². The number of aromatic nitrogens is 1.